The number of methoxy groups -OCH3 is 1. The van der Waals surface area contributed by atoms with Gasteiger partial charge in [-0.1, -0.05) is 13.8 Å². The molecule has 1 aliphatic heterocycles. The zero-order chi connectivity index (χ0) is 14.0. The molecule has 1 fully saturated rings. The van der Waals surface area contributed by atoms with Gasteiger partial charge in [-0.25, -0.2) is 4.98 Å². The van der Waals surface area contributed by atoms with Crippen molar-refractivity contribution in [2.75, 3.05) is 27.2 Å². The van der Waals surface area contributed by atoms with E-state index in [9.17, 15) is 0 Å². The molecule has 2 heterocycles. The molecular weight excluding hydrogens is 240 g/mol. The molecule has 1 aromatic heterocycles. The number of likely N-dealkylation sites (N-methyl/N-ethyl adjacent to an activating group) is 1. The summed E-state index contributed by atoms with van der Waals surface area (Å²) in [6.45, 7) is 6.11. The summed E-state index contributed by atoms with van der Waals surface area (Å²) >= 11 is 0. The van der Waals surface area contributed by atoms with Gasteiger partial charge in [0.2, 0.25) is 5.88 Å². The fraction of sp³-hybridized carbons (Fsp3) is 0.714. The molecule has 2 rings (SSSR count). The first-order chi connectivity index (χ1) is 9.02. The van der Waals surface area contributed by atoms with E-state index in [4.69, 9.17) is 10.5 Å². The topological polar surface area (TPSA) is 64.3 Å². The molecule has 1 aliphatic rings. The number of hydrogen-bond donors (Lipinski definition) is 1. The van der Waals surface area contributed by atoms with Crippen molar-refractivity contribution in [3.63, 3.8) is 0 Å². The quantitative estimate of drug-likeness (QED) is 0.893. The van der Waals surface area contributed by atoms with Gasteiger partial charge in [-0.2, -0.15) is 4.98 Å². The molecule has 0 aliphatic carbocycles. The van der Waals surface area contributed by atoms with Crippen LogP contribution >= 0.6 is 0 Å². The van der Waals surface area contributed by atoms with Crippen LogP contribution in [0.3, 0.4) is 0 Å². The second-order valence-electron chi connectivity index (χ2n) is 5.67. The zero-order valence-electron chi connectivity index (χ0n) is 12.3. The Balaban J connectivity index is 2.28. The van der Waals surface area contributed by atoms with Crippen LogP contribution in [0.1, 0.15) is 43.5 Å². The minimum atomic E-state index is 0.112. The molecule has 0 bridgehead atoms. The largest absolute Gasteiger partial charge is 0.481 e. The van der Waals surface area contributed by atoms with E-state index >= 15 is 0 Å². The van der Waals surface area contributed by atoms with Crippen LogP contribution in [0.25, 0.3) is 0 Å². The molecule has 5 heteroatoms. The van der Waals surface area contributed by atoms with Gasteiger partial charge in [-0.3, -0.25) is 0 Å². The summed E-state index contributed by atoms with van der Waals surface area (Å²) in [5.41, 5.74) is 7.32. The van der Waals surface area contributed by atoms with E-state index in [1.54, 1.807) is 7.11 Å². The number of rotatable bonds is 3. The molecule has 0 amide bonds. The van der Waals surface area contributed by atoms with Gasteiger partial charge in [0.15, 0.2) is 0 Å². The second-order valence-corrected chi connectivity index (χ2v) is 5.67. The predicted molar refractivity (Wildman–Crippen MR) is 75.5 cm³/mol. The van der Waals surface area contributed by atoms with E-state index in [1.165, 1.54) is 0 Å². The van der Waals surface area contributed by atoms with E-state index in [0.29, 0.717) is 11.8 Å². The summed E-state index contributed by atoms with van der Waals surface area (Å²) in [7, 11) is 3.77. The summed E-state index contributed by atoms with van der Waals surface area (Å²) in [5, 5.41) is 0. The van der Waals surface area contributed by atoms with Crippen LogP contribution < -0.4 is 10.5 Å². The summed E-state index contributed by atoms with van der Waals surface area (Å²) in [5.74, 6) is 2.09. The van der Waals surface area contributed by atoms with Crippen LogP contribution in [-0.2, 0) is 0 Å². The molecule has 19 heavy (non-hydrogen) atoms. The standard InChI is InChI=1S/C14H24N4O/c1-9(2)13-16-7-11(14(17-13)19-4)10-5-6-18(3)8-12(10)15/h7,9-10,12H,5-6,8,15H2,1-4H3. The normalized spacial score (nSPS) is 24.7. The molecule has 0 aromatic carbocycles. The van der Waals surface area contributed by atoms with Gasteiger partial charge in [0, 0.05) is 36.2 Å². The summed E-state index contributed by atoms with van der Waals surface area (Å²) < 4.78 is 5.44. The van der Waals surface area contributed by atoms with Gasteiger partial charge < -0.3 is 15.4 Å². The van der Waals surface area contributed by atoms with Crippen molar-refractivity contribution in [1.29, 1.82) is 0 Å². The number of aromatic nitrogens is 2. The van der Waals surface area contributed by atoms with E-state index in [2.05, 4.69) is 35.8 Å². The van der Waals surface area contributed by atoms with Gasteiger partial charge in [-0.05, 0) is 20.0 Å². The monoisotopic (exact) mass is 264 g/mol. The Morgan fingerprint density at radius 2 is 2.21 bits per heavy atom. The molecule has 1 saturated heterocycles. The number of nitrogens with two attached hydrogens (primary N) is 1. The van der Waals surface area contributed by atoms with Gasteiger partial charge in [-0.15, -0.1) is 0 Å². The zero-order valence-corrected chi connectivity index (χ0v) is 12.3. The number of nitrogens with zero attached hydrogens (tertiary/aromatic N) is 3. The van der Waals surface area contributed by atoms with Crippen molar-refractivity contribution in [1.82, 2.24) is 14.9 Å². The van der Waals surface area contributed by atoms with Crippen molar-refractivity contribution < 1.29 is 4.74 Å². The molecule has 106 valence electrons. The van der Waals surface area contributed by atoms with Gasteiger partial charge in [0.25, 0.3) is 0 Å². The molecule has 0 saturated carbocycles. The first kappa shape index (κ1) is 14.2. The summed E-state index contributed by atoms with van der Waals surface area (Å²) in [6.07, 6.45) is 2.93. The Labute approximate surface area is 115 Å². The van der Waals surface area contributed by atoms with Crippen molar-refractivity contribution in [2.24, 2.45) is 5.73 Å². The number of ether oxygens (including phenoxy) is 1. The van der Waals surface area contributed by atoms with Crippen molar-refractivity contribution in [2.45, 2.75) is 38.1 Å². The molecule has 5 nitrogen and oxygen atoms in total. The third-order valence-electron chi connectivity index (χ3n) is 3.77. The molecule has 2 atom stereocenters. The maximum absolute atomic E-state index is 6.27. The minimum absolute atomic E-state index is 0.112. The van der Waals surface area contributed by atoms with Crippen LogP contribution in [0.15, 0.2) is 6.20 Å². The predicted octanol–water partition coefficient (Wildman–Crippen LogP) is 1.35. The lowest BCUT2D eigenvalue weighted by Gasteiger charge is -2.34. The average Bonchev–Trinajstić information content (AvgIpc) is 2.38. The molecule has 2 unspecified atom stereocenters. The SMILES string of the molecule is COc1nc(C(C)C)ncc1C1CCN(C)CC1N. The Morgan fingerprint density at radius 1 is 1.47 bits per heavy atom. The minimum Gasteiger partial charge on any atom is -0.481 e. The maximum Gasteiger partial charge on any atom is 0.219 e. The van der Waals surface area contributed by atoms with Gasteiger partial charge in [0.1, 0.15) is 5.82 Å². The number of hydrogen-bond acceptors (Lipinski definition) is 5. The fourth-order valence-corrected chi connectivity index (χ4v) is 2.62. The van der Waals surface area contributed by atoms with Crippen LogP contribution in [-0.4, -0.2) is 48.2 Å². The van der Waals surface area contributed by atoms with Crippen LogP contribution in [0.5, 0.6) is 5.88 Å². The first-order valence-electron chi connectivity index (χ1n) is 6.87. The Bertz CT molecular complexity index is 435. The van der Waals surface area contributed by atoms with Crippen LogP contribution in [0.4, 0.5) is 0 Å². The van der Waals surface area contributed by atoms with Crippen LogP contribution in [0, 0.1) is 0 Å². The van der Waals surface area contributed by atoms with Gasteiger partial charge >= 0.3 is 0 Å². The smallest absolute Gasteiger partial charge is 0.219 e. The van der Waals surface area contributed by atoms with Crippen molar-refractivity contribution >= 4 is 0 Å². The summed E-state index contributed by atoms with van der Waals surface area (Å²) in [6, 6.07) is 0.112. The van der Waals surface area contributed by atoms with Crippen molar-refractivity contribution in [3.8, 4) is 5.88 Å². The lowest BCUT2D eigenvalue weighted by Crippen LogP contribution is -2.45. The number of piperidine rings is 1. The highest BCUT2D eigenvalue weighted by atomic mass is 16.5. The molecule has 0 spiro atoms. The van der Waals surface area contributed by atoms with Gasteiger partial charge in [0.05, 0.1) is 7.11 Å². The number of likely N-dealkylation sites (tertiary alicyclic amines) is 1. The fourth-order valence-electron chi connectivity index (χ4n) is 2.62. The molecule has 0 radical (unpaired) electrons. The van der Waals surface area contributed by atoms with E-state index in [-0.39, 0.29) is 12.0 Å². The lowest BCUT2D eigenvalue weighted by molar-refractivity contribution is 0.225. The van der Waals surface area contributed by atoms with E-state index in [1.807, 2.05) is 6.20 Å². The third kappa shape index (κ3) is 3.04. The lowest BCUT2D eigenvalue weighted by atomic mass is 9.87. The Morgan fingerprint density at radius 3 is 2.79 bits per heavy atom. The Kier molecular flexibility index (Phi) is 4.37. The molecular formula is C14H24N4O. The highest BCUT2D eigenvalue weighted by molar-refractivity contribution is 5.30. The van der Waals surface area contributed by atoms with Crippen molar-refractivity contribution in [3.05, 3.63) is 17.6 Å². The molecule has 1 aromatic rings. The van der Waals surface area contributed by atoms with E-state index in [0.717, 1.165) is 30.9 Å². The first-order valence-corrected chi connectivity index (χ1v) is 6.87. The average molecular weight is 264 g/mol. The molecule has 2 N–H and O–H groups in total. The Hall–Kier alpha value is -1.20. The third-order valence-corrected chi connectivity index (χ3v) is 3.77. The maximum atomic E-state index is 6.27. The highest BCUT2D eigenvalue weighted by Crippen LogP contribution is 2.32. The van der Waals surface area contributed by atoms with E-state index < -0.39 is 0 Å². The summed E-state index contributed by atoms with van der Waals surface area (Å²) in [4.78, 5) is 11.2. The van der Waals surface area contributed by atoms with Crippen LogP contribution in [0.2, 0.25) is 0 Å². The second kappa shape index (κ2) is 5.84. The highest BCUT2D eigenvalue weighted by Gasteiger charge is 2.29.